The molecule has 0 fully saturated rings. The Balaban J connectivity index is 1.91. The van der Waals surface area contributed by atoms with E-state index in [1.165, 1.54) is 76.5 Å². The molecular formula is C19H37N3. The number of nitrogens with one attached hydrogen (secondary N) is 1. The van der Waals surface area contributed by atoms with Gasteiger partial charge in [-0.15, -0.1) is 0 Å². The second-order valence-corrected chi connectivity index (χ2v) is 6.40. The number of allylic oxidation sites excluding steroid dienone is 2. The molecule has 0 amide bonds. The van der Waals surface area contributed by atoms with E-state index in [9.17, 15) is 0 Å². The lowest BCUT2D eigenvalue weighted by atomic mass is 10.1. The fourth-order valence-corrected chi connectivity index (χ4v) is 2.91. The van der Waals surface area contributed by atoms with Crippen LogP contribution in [0.5, 0.6) is 0 Å². The zero-order chi connectivity index (χ0) is 15.9. The second-order valence-electron chi connectivity index (χ2n) is 6.40. The van der Waals surface area contributed by atoms with Crippen molar-refractivity contribution < 1.29 is 0 Å². The Morgan fingerprint density at radius 2 is 1.64 bits per heavy atom. The van der Waals surface area contributed by atoms with Crippen molar-refractivity contribution in [1.29, 1.82) is 0 Å². The zero-order valence-electron chi connectivity index (χ0n) is 14.7. The first-order valence-corrected chi connectivity index (χ1v) is 9.42. The monoisotopic (exact) mass is 307 g/mol. The van der Waals surface area contributed by atoms with Crippen LogP contribution in [0.2, 0.25) is 0 Å². The van der Waals surface area contributed by atoms with Crippen LogP contribution in [-0.4, -0.2) is 31.1 Å². The average molecular weight is 308 g/mol. The number of nitrogens with two attached hydrogens (primary N) is 1. The normalized spacial score (nSPS) is 14.3. The van der Waals surface area contributed by atoms with Crippen LogP contribution in [0.15, 0.2) is 24.0 Å². The lowest BCUT2D eigenvalue weighted by molar-refractivity contribution is 0.375. The van der Waals surface area contributed by atoms with Crippen molar-refractivity contribution in [2.24, 2.45) is 5.73 Å². The predicted molar refractivity (Wildman–Crippen MR) is 97.7 cm³/mol. The van der Waals surface area contributed by atoms with E-state index in [1.807, 2.05) is 0 Å². The van der Waals surface area contributed by atoms with E-state index in [0.29, 0.717) is 6.54 Å². The van der Waals surface area contributed by atoms with Crippen LogP contribution in [0.1, 0.15) is 71.1 Å². The minimum absolute atomic E-state index is 0.694. The molecule has 0 radical (unpaired) electrons. The van der Waals surface area contributed by atoms with E-state index >= 15 is 0 Å². The molecule has 1 rings (SSSR count). The molecular weight excluding hydrogens is 270 g/mol. The standard InChI is InChI=1S/C19H37N3/c1-2-3-4-5-6-7-8-9-10-11-16-22-17-12-13-19(18-22)21-15-14-20/h12-13,17,21H,2-11,14-16,18,20H2,1H3. The first-order valence-electron chi connectivity index (χ1n) is 9.42. The van der Waals surface area contributed by atoms with Crippen LogP contribution in [0.25, 0.3) is 0 Å². The van der Waals surface area contributed by atoms with Crippen LogP contribution in [0.3, 0.4) is 0 Å². The van der Waals surface area contributed by atoms with E-state index in [1.54, 1.807) is 0 Å². The molecule has 0 aliphatic carbocycles. The number of rotatable bonds is 14. The molecule has 0 unspecified atom stereocenters. The maximum Gasteiger partial charge on any atom is 0.0571 e. The van der Waals surface area contributed by atoms with Gasteiger partial charge in [0.2, 0.25) is 0 Å². The molecule has 128 valence electrons. The summed E-state index contributed by atoms with van der Waals surface area (Å²) in [7, 11) is 0. The SMILES string of the molecule is CCCCCCCCCCCCN1C=CC=C(NCCN)C1. The van der Waals surface area contributed by atoms with Crippen molar-refractivity contribution in [3.8, 4) is 0 Å². The molecule has 0 aromatic heterocycles. The van der Waals surface area contributed by atoms with E-state index < -0.39 is 0 Å². The van der Waals surface area contributed by atoms with Crippen molar-refractivity contribution in [1.82, 2.24) is 10.2 Å². The Hall–Kier alpha value is -0.960. The van der Waals surface area contributed by atoms with Gasteiger partial charge in [0.25, 0.3) is 0 Å². The third-order valence-corrected chi connectivity index (χ3v) is 4.26. The van der Waals surface area contributed by atoms with Crippen LogP contribution in [-0.2, 0) is 0 Å². The summed E-state index contributed by atoms with van der Waals surface area (Å²) >= 11 is 0. The van der Waals surface area contributed by atoms with E-state index in [0.717, 1.165) is 13.1 Å². The summed E-state index contributed by atoms with van der Waals surface area (Å²) in [4.78, 5) is 2.41. The Morgan fingerprint density at radius 3 is 2.27 bits per heavy atom. The van der Waals surface area contributed by atoms with Gasteiger partial charge in [-0.25, -0.2) is 0 Å². The van der Waals surface area contributed by atoms with Gasteiger partial charge in [-0.05, 0) is 24.8 Å². The molecule has 22 heavy (non-hydrogen) atoms. The zero-order valence-corrected chi connectivity index (χ0v) is 14.7. The molecule has 1 aliphatic rings. The highest BCUT2D eigenvalue weighted by Gasteiger charge is 2.06. The lowest BCUT2D eigenvalue weighted by Crippen LogP contribution is -2.31. The van der Waals surface area contributed by atoms with E-state index in [2.05, 4.69) is 35.5 Å². The van der Waals surface area contributed by atoms with Gasteiger partial charge in [-0.2, -0.15) is 0 Å². The Morgan fingerprint density at radius 1 is 1.00 bits per heavy atom. The van der Waals surface area contributed by atoms with Gasteiger partial charge in [0.15, 0.2) is 0 Å². The molecule has 3 nitrogen and oxygen atoms in total. The highest BCUT2D eigenvalue weighted by atomic mass is 15.1. The van der Waals surface area contributed by atoms with E-state index in [-0.39, 0.29) is 0 Å². The second kappa shape index (κ2) is 13.7. The van der Waals surface area contributed by atoms with Gasteiger partial charge in [0.1, 0.15) is 0 Å². The van der Waals surface area contributed by atoms with Gasteiger partial charge < -0.3 is 16.0 Å². The van der Waals surface area contributed by atoms with Crippen molar-refractivity contribution in [3.05, 3.63) is 24.0 Å². The van der Waals surface area contributed by atoms with Crippen LogP contribution in [0, 0.1) is 0 Å². The van der Waals surface area contributed by atoms with Crippen molar-refractivity contribution in [2.45, 2.75) is 71.1 Å². The van der Waals surface area contributed by atoms with Crippen LogP contribution < -0.4 is 11.1 Å². The fraction of sp³-hybridized carbons (Fsp3) is 0.789. The minimum atomic E-state index is 0.694. The third kappa shape index (κ3) is 9.88. The summed E-state index contributed by atoms with van der Waals surface area (Å²) in [5.74, 6) is 0. The summed E-state index contributed by atoms with van der Waals surface area (Å²) in [6.45, 7) is 6.03. The maximum atomic E-state index is 5.53. The van der Waals surface area contributed by atoms with Gasteiger partial charge in [-0.3, -0.25) is 0 Å². The van der Waals surface area contributed by atoms with Crippen molar-refractivity contribution in [3.63, 3.8) is 0 Å². The van der Waals surface area contributed by atoms with Gasteiger partial charge in [-0.1, -0.05) is 64.7 Å². The predicted octanol–water partition coefficient (Wildman–Crippen LogP) is 4.17. The van der Waals surface area contributed by atoms with Crippen molar-refractivity contribution in [2.75, 3.05) is 26.2 Å². The molecule has 0 saturated carbocycles. The topological polar surface area (TPSA) is 41.3 Å². The molecule has 0 atom stereocenters. The summed E-state index contributed by atoms with van der Waals surface area (Å²) in [5.41, 5.74) is 6.82. The third-order valence-electron chi connectivity index (χ3n) is 4.26. The summed E-state index contributed by atoms with van der Waals surface area (Å²) in [5, 5.41) is 3.38. The highest BCUT2D eigenvalue weighted by molar-refractivity contribution is 5.17. The van der Waals surface area contributed by atoms with E-state index in [4.69, 9.17) is 5.73 Å². The minimum Gasteiger partial charge on any atom is -0.386 e. The van der Waals surface area contributed by atoms with Crippen molar-refractivity contribution >= 4 is 0 Å². The first kappa shape index (κ1) is 19.1. The summed E-state index contributed by atoms with van der Waals surface area (Å²) in [6, 6.07) is 0. The molecule has 0 spiro atoms. The summed E-state index contributed by atoms with van der Waals surface area (Å²) < 4.78 is 0. The van der Waals surface area contributed by atoms with Gasteiger partial charge >= 0.3 is 0 Å². The Kier molecular flexibility index (Phi) is 11.9. The highest BCUT2D eigenvalue weighted by Crippen LogP contribution is 2.12. The number of unbranched alkanes of at least 4 members (excludes halogenated alkanes) is 9. The molecule has 0 saturated heterocycles. The largest absolute Gasteiger partial charge is 0.386 e. The molecule has 0 aromatic rings. The first-order chi connectivity index (χ1) is 10.9. The average Bonchev–Trinajstić information content (AvgIpc) is 2.55. The van der Waals surface area contributed by atoms with Crippen LogP contribution >= 0.6 is 0 Å². The quantitative estimate of drug-likeness (QED) is 0.473. The number of hydrogen-bond donors (Lipinski definition) is 2. The van der Waals surface area contributed by atoms with Gasteiger partial charge in [0.05, 0.1) is 6.54 Å². The fourth-order valence-electron chi connectivity index (χ4n) is 2.91. The number of hydrogen-bond acceptors (Lipinski definition) is 3. The maximum absolute atomic E-state index is 5.53. The lowest BCUT2D eigenvalue weighted by Gasteiger charge is -2.25. The molecule has 0 bridgehead atoms. The molecule has 3 heteroatoms. The van der Waals surface area contributed by atoms with Crippen LogP contribution in [0.4, 0.5) is 0 Å². The van der Waals surface area contributed by atoms with Gasteiger partial charge in [0, 0.05) is 25.3 Å². The molecule has 3 N–H and O–H groups in total. The molecule has 1 heterocycles. The molecule has 1 aliphatic heterocycles. The summed E-state index contributed by atoms with van der Waals surface area (Å²) in [6.07, 6.45) is 20.5. The Labute approximate surface area is 138 Å². The Bertz CT molecular complexity index is 310. The number of nitrogens with zero attached hydrogens (tertiary/aromatic N) is 1. The molecule has 0 aromatic carbocycles. The smallest absolute Gasteiger partial charge is 0.0571 e.